The minimum atomic E-state index is -0.364. The number of thiophene rings is 1. The number of hydrogen-bond acceptors (Lipinski definition) is 5. The molecule has 3 aromatic heterocycles. The van der Waals surface area contributed by atoms with E-state index < -0.39 is 0 Å². The number of hydrogen-bond donors (Lipinski definition) is 1. The molecule has 0 fully saturated rings. The van der Waals surface area contributed by atoms with E-state index >= 15 is 0 Å². The monoisotopic (exact) mass is 328 g/mol. The lowest BCUT2D eigenvalue weighted by atomic mass is 10.2. The Bertz CT molecular complexity index is 1130. The van der Waals surface area contributed by atoms with Crippen LogP contribution in [0.2, 0.25) is 0 Å². The van der Waals surface area contributed by atoms with Crippen molar-refractivity contribution in [3.8, 4) is 5.75 Å². The zero-order valence-corrected chi connectivity index (χ0v) is 13.0. The summed E-state index contributed by atoms with van der Waals surface area (Å²) < 4.78 is 8.76. The van der Waals surface area contributed by atoms with Crippen molar-refractivity contribution < 1.29 is 4.74 Å². The number of fused-ring (bicyclic) bond motifs is 3. The number of benzene rings is 1. The van der Waals surface area contributed by atoms with Crippen molar-refractivity contribution in [1.82, 2.24) is 19.2 Å². The first-order valence-corrected chi connectivity index (χ1v) is 7.77. The molecule has 8 heteroatoms. The van der Waals surface area contributed by atoms with Crippen molar-refractivity contribution in [2.75, 3.05) is 7.11 Å². The number of aromatic amines is 1. The second kappa shape index (κ2) is 5.10. The van der Waals surface area contributed by atoms with E-state index in [0.29, 0.717) is 16.0 Å². The van der Waals surface area contributed by atoms with Gasteiger partial charge in [-0.25, -0.2) is 14.3 Å². The Kier molecular flexibility index (Phi) is 3.05. The normalized spacial score (nSPS) is 11.3. The molecule has 0 unspecified atom stereocenters. The predicted octanol–water partition coefficient (Wildman–Crippen LogP) is 1.46. The van der Waals surface area contributed by atoms with Gasteiger partial charge < -0.3 is 4.74 Å². The van der Waals surface area contributed by atoms with Crippen LogP contribution in [0.1, 0.15) is 5.56 Å². The molecule has 0 atom stereocenters. The maximum Gasteiger partial charge on any atom is 0.349 e. The quantitative estimate of drug-likeness (QED) is 0.617. The van der Waals surface area contributed by atoms with E-state index in [1.165, 1.54) is 20.3 Å². The molecule has 0 radical (unpaired) electrons. The molecule has 23 heavy (non-hydrogen) atoms. The van der Waals surface area contributed by atoms with Crippen LogP contribution in [-0.2, 0) is 6.54 Å². The van der Waals surface area contributed by atoms with E-state index in [9.17, 15) is 9.59 Å². The van der Waals surface area contributed by atoms with Crippen molar-refractivity contribution in [3.63, 3.8) is 0 Å². The first kappa shape index (κ1) is 13.8. The van der Waals surface area contributed by atoms with Gasteiger partial charge in [0.1, 0.15) is 10.4 Å². The van der Waals surface area contributed by atoms with Crippen LogP contribution in [0.4, 0.5) is 0 Å². The average molecular weight is 328 g/mol. The molecule has 0 bridgehead atoms. The summed E-state index contributed by atoms with van der Waals surface area (Å²) in [5.41, 5.74) is 0.875. The standard InChI is InChI=1S/C15H12N4O3S/c1-22-11-5-3-2-4-9(11)8-18-13(20)12-10(6-7-23-12)19-14(18)16-17-15(19)21/h2-7H,8H2,1H3,(H,17,21). The van der Waals surface area contributed by atoms with E-state index in [0.717, 1.165) is 5.56 Å². The van der Waals surface area contributed by atoms with Gasteiger partial charge in [-0.15, -0.1) is 16.4 Å². The Morgan fingerprint density at radius 2 is 2.09 bits per heavy atom. The first-order valence-electron chi connectivity index (χ1n) is 6.89. The summed E-state index contributed by atoms with van der Waals surface area (Å²) in [6.45, 7) is 0.268. The maximum absolute atomic E-state index is 12.8. The summed E-state index contributed by atoms with van der Waals surface area (Å²) in [5.74, 6) is 0.971. The van der Waals surface area contributed by atoms with Gasteiger partial charge in [-0.05, 0) is 17.5 Å². The van der Waals surface area contributed by atoms with Gasteiger partial charge in [0.25, 0.3) is 5.56 Å². The minimum Gasteiger partial charge on any atom is -0.496 e. The fourth-order valence-electron chi connectivity index (χ4n) is 2.69. The number of methoxy groups -OCH3 is 1. The number of nitrogens with zero attached hydrogens (tertiary/aromatic N) is 3. The van der Waals surface area contributed by atoms with Gasteiger partial charge in [-0.2, -0.15) is 0 Å². The number of nitrogens with one attached hydrogen (secondary N) is 1. The third kappa shape index (κ3) is 1.99. The lowest BCUT2D eigenvalue weighted by molar-refractivity contribution is 0.408. The molecule has 4 aromatic rings. The molecule has 1 N–H and O–H groups in total. The summed E-state index contributed by atoms with van der Waals surface area (Å²) in [6.07, 6.45) is 0. The van der Waals surface area contributed by atoms with Crippen molar-refractivity contribution in [2.24, 2.45) is 0 Å². The number of rotatable bonds is 3. The highest BCUT2D eigenvalue weighted by Crippen LogP contribution is 2.21. The maximum atomic E-state index is 12.8. The fraction of sp³-hybridized carbons (Fsp3) is 0.133. The average Bonchev–Trinajstić information content (AvgIpc) is 3.18. The summed E-state index contributed by atoms with van der Waals surface area (Å²) in [5, 5.41) is 8.21. The summed E-state index contributed by atoms with van der Waals surface area (Å²) in [7, 11) is 1.58. The smallest absolute Gasteiger partial charge is 0.349 e. The molecule has 0 aliphatic heterocycles. The summed E-state index contributed by atoms with van der Waals surface area (Å²) >= 11 is 1.31. The number of aromatic nitrogens is 4. The molecular formula is C15H12N4O3S. The SMILES string of the molecule is COc1ccccc1Cn1c(=O)c2sccc2n2c(=O)[nH]nc12. The Morgan fingerprint density at radius 1 is 1.26 bits per heavy atom. The van der Waals surface area contributed by atoms with E-state index in [-0.39, 0.29) is 23.6 Å². The topological polar surface area (TPSA) is 81.4 Å². The van der Waals surface area contributed by atoms with Crippen molar-refractivity contribution in [3.05, 3.63) is 62.1 Å². The van der Waals surface area contributed by atoms with E-state index in [1.54, 1.807) is 18.6 Å². The van der Waals surface area contributed by atoms with Gasteiger partial charge in [0.15, 0.2) is 0 Å². The zero-order chi connectivity index (χ0) is 16.0. The third-order valence-corrected chi connectivity index (χ3v) is 4.63. The molecule has 0 saturated heterocycles. The van der Waals surface area contributed by atoms with Gasteiger partial charge in [-0.3, -0.25) is 9.36 Å². The molecule has 0 saturated carbocycles. The Morgan fingerprint density at radius 3 is 2.91 bits per heavy atom. The molecule has 0 aliphatic carbocycles. The van der Waals surface area contributed by atoms with Crippen molar-refractivity contribution in [2.45, 2.75) is 6.54 Å². The third-order valence-electron chi connectivity index (χ3n) is 3.74. The second-order valence-corrected chi connectivity index (χ2v) is 5.92. The number of H-pyrrole nitrogens is 1. The van der Waals surface area contributed by atoms with E-state index in [4.69, 9.17) is 4.74 Å². The van der Waals surface area contributed by atoms with Crippen LogP contribution in [-0.4, -0.2) is 26.3 Å². The molecule has 4 rings (SSSR count). The van der Waals surface area contributed by atoms with Crippen LogP contribution in [0.15, 0.2) is 45.3 Å². The van der Waals surface area contributed by atoms with Gasteiger partial charge in [0.2, 0.25) is 5.78 Å². The molecule has 0 spiro atoms. The number of para-hydroxylation sites is 1. The van der Waals surface area contributed by atoms with Crippen LogP contribution in [0.25, 0.3) is 16.0 Å². The summed E-state index contributed by atoms with van der Waals surface area (Å²) in [4.78, 5) is 24.8. The molecule has 7 nitrogen and oxygen atoms in total. The van der Waals surface area contributed by atoms with Crippen LogP contribution >= 0.6 is 11.3 Å². The van der Waals surface area contributed by atoms with Gasteiger partial charge in [0, 0.05) is 5.56 Å². The molecular weight excluding hydrogens is 316 g/mol. The van der Waals surface area contributed by atoms with Gasteiger partial charge in [-0.1, -0.05) is 18.2 Å². The molecule has 0 amide bonds. The van der Waals surface area contributed by atoms with Crippen molar-refractivity contribution >= 4 is 27.3 Å². The first-order chi connectivity index (χ1) is 11.2. The van der Waals surface area contributed by atoms with E-state index in [2.05, 4.69) is 10.2 Å². The highest BCUT2D eigenvalue weighted by Gasteiger charge is 2.16. The Hall–Kier alpha value is -2.87. The van der Waals surface area contributed by atoms with Gasteiger partial charge >= 0.3 is 5.69 Å². The Balaban J connectivity index is 2.04. The predicted molar refractivity (Wildman–Crippen MR) is 87.6 cm³/mol. The van der Waals surface area contributed by atoms with Crippen molar-refractivity contribution in [1.29, 1.82) is 0 Å². The lowest BCUT2D eigenvalue weighted by Gasteiger charge is -2.11. The van der Waals surface area contributed by atoms with Crippen LogP contribution < -0.4 is 16.0 Å². The van der Waals surface area contributed by atoms with Crippen LogP contribution in [0.5, 0.6) is 5.75 Å². The van der Waals surface area contributed by atoms with Gasteiger partial charge in [0.05, 0.1) is 19.2 Å². The second-order valence-electron chi connectivity index (χ2n) is 5.00. The van der Waals surface area contributed by atoms with Crippen LogP contribution in [0, 0.1) is 0 Å². The molecule has 0 aliphatic rings. The highest BCUT2D eigenvalue weighted by molar-refractivity contribution is 7.17. The molecule has 3 heterocycles. The van der Waals surface area contributed by atoms with E-state index in [1.807, 2.05) is 24.3 Å². The molecule has 116 valence electrons. The fourth-order valence-corrected chi connectivity index (χ4v) is 3.51. The lowest BCUT2D eigenvalue weighted by Crippen LogP contribution is -2.25. The zero-order valence-electron chi connectivity index (χ0n) is 12.1. The molecule has 1 aromatic carbocycles. The highest BCUT2D eigenvalue weighted by atomic mass is 32.1. The Labute approximate surface area is 133 Å². The van der Waals surface area contributed by atoms with Crippen LogP contribution in [0.3, 0.4) is 0 Å². The number of ether oxygens (including phenoxy) is 1. The largest absolute Gasteiger partial charge is 0.496 e. The summed E-state index contributed by atoms with van der Waals surface area (Å²) in [6, 6.07) is 9.20. The minimum absolute atomic E-state index is 0.174.